The first kappa shape index (κ1) is 16.7. The highest BCUT2D eigenvalue weighted by Gasteiger charge is 2.18. The van der Waals surface area contributed by atoms with Crippen molar-refractivity contribution in [1.82, 2.24) is 24.4 Å². The number of nitrogens with one attached hydrogen (secondary N) is 1. The molecule has 7 heteroatoms. The molecule has 3 heterocycles. The minimum atomic E-state index is -0.236. The highest BCUT2D eigenvalue weighted by Crippen LogP contribution is 2.18. The lowest BCUT2D eigenvalue weighted by Gasteiger charge is -2.08. The lowest BCUT2D eigenvalue weighted by molar-refractivity contribution is -0.121. The SMILES string of the molecule is CC(C)CCNC(=O)Cn1cnc2c(nc3n2CCCCC3)c1=O. The molecule has 1 aliphatic rings. The zero-order chi connectivity index (χ0) is 17.1. The molecule has 7 nitrogen and oxygen atoms in total. The highest BCUT2D eigenvalue weighted by atomic mass is 16.2. The molecular formula is C17H25N5O2. The molecule has 0 unspecified atom stereocenters. The van der Waals surface area contributed by atoms with E-state index in [2.05, 4.69) is 33.7 Å². The largest absolute Gasteiger partial charge is 0.355 e. The summed E-state index contributed by atoms with van der Waals surface area (Å²) in [5.41, 5.74) is 0.789. The molecule has 130 valence electrons. The molecule has 2 aromatic heterocycles. The van der Waals surface area contributed by atoms with Crippen LogP contribution in [0.1, 0.15) is 45.4 Å². The lowest BCUT2D eigenvalue weighted by Crippen LogP contribution is -2.33. The summed E-state index contributed by atoms with van der Waals surface area (Å²) in [4.78, 5) is 33.5. The van der Waals surface area contributed by atoms with Gasteiger partial charge in [0, 0.05) is 19.5 Å². The zero-order valence-electron chi connectivity index (χ0n) is 14.4. The number of carbonyl (C=O) groups excluding carboxylic acids is 1. The molecule has 0 atom stereocenters. The molecule has 0 bridgehead atoms. The third-order valence-electron chi connectivity index (χ3n) is 4.44. The topological polar surface area (TPSA) is 81.8 Å². The molecule has 1 amide bonds. The van der Waals surface area contributed by atoms with Crippen molar-refractivity contribution in [2.45, 2.75) is 59.0 Å². The molecule has 0 fully saturated rings. The molecule has 2 aromatic rings. The molecule has 0 saturated carbocycles. The van der Waals surface area contributed by atoms with Crippen molar-refractivity contribution in [3.05, 3.63) is 22.5 Å². The van der Waals surface area contributed by atoms with Crippen molar-refractivity contribution in [3.8, 4) is 0 Å². The summed E-state index contributed by atoms with van der Waals surface area (Å²) < 4.78 is 3.40. The van der Waals surface area contributed by atoms with Gasteiger partial charge in [-0.05, 0) is 25.2 Å². The summed E-state index contributed by atoms with van der Waals surface area (Å²) >= 11 is 0. The highest BCUT2D eigenvalue weighted by molar-refractivity contribution is 5.76. The van der Waals surface area contributed by atoms with Crippen LogP contribution in [-0.4, -0.2) is 31.6 Å². The molecule has 0 radical (unpaired) electrons. The quantitative estimate of drug-likeness (QED) is 0.900. The van der Waals surface area contributed by atoms with Crippen LogP contribution in [0.2, 0.25) is 0 Å². The first-order valence-electron chi connectivity index (χ1n) is 8.77. The van der Waals surface area contributed by atoms with Gasteiger partial charge in [-0.3, -0.25) is 14.2 Å². The second-order valence-corrected chi connectivity index (χ2v) is 6.87. The monoisotopic (exact) mass is 331 g/mol. The van der Waals surface area contributed by atoms with Crippen LogP contribution < -0.4 is 10.9 Å². The van der Waals surface area contributed by atoms with Crippen LogP contribution in [-0.2, 0) is 24.3 Å². The average molecular weight is 331 g/mol. The van der Waals surface area contributed by atoms with Crippen LogP contribution in [0.25, 0.3) is 11.2 Å². The van der Waals surface area contributed by atoms with Gasteiger partial charge in [-0.1, -0.05) is 20.3 Å². The Kier molecular flexibility index (Phi) is 4.97. The summed E-state index contributed by atoms with van der Waals surface area (Å²) in [5.74, 6) is 1.30. The minimum absolute atomic E-state index is 0.0118. The fourth-order valence-corrected chi connectivity index (χ4v) is 3.06. The Bertz CT molecular complexity index is 790. The van der Waals surface area contributed by atoms with E-state index >= 15 is 0 Å². The number of amides is 1. The van der Waals surface area contributed by atoms with Crippen LogP contribution in [0.5, 0.6) is 0 Å². The summed E-state index contributed by atoms with van der Waals surface area (Å²) in [7, 11) is 0. The van der Waals surface area contributed by atoms with Crippen molar-refractivity contribution < 1.29 is 4.79 Å². The minimum Gasteiger partial charge on any atom is -0.355 e. The predicted molar refractivity (Wildman–Crippen MR) is 91.8 cm³/mol. The van der Waals surface area contributed by atoms with Crippen molar-refractivity contribution in [3.63, 3.8) is 0 Å². The Morgan fingerprint density at radius 1 is 1.33 bits per heavy atom. The summed E-state index contributed by atoms with van der Waals surface area (Å²) in [6.07, 6.45) is 6.62. The first-order chi connectivity index (χ1) is 11.6. The molecule has 0 saturated heterocycles. The van der Waals surface area contributed by atoms with Crippen LogP contribution in [0, 0.1) is 5.92 Å². The Morgan fingerprint density at radius 3 is 2.96 bits per heavy atom. The van der Waals surface area contributed by atoms with Gasteiger partial charge in [0.15, 0.2) is 11.2 Å². The van der Waals surface area contributed by atoms with Gasteiger partial charge < -0.3 is 9.88 Å². The van der Waals surface area contributed by atoms with Gasteiger partial charge in [0.2, 0.25) is 5.91 Å². The maximum atomic E-state index is 12.6. The smallest absolute Gasteiger partial charge is 0.282 e. The second-order valence-electron chi connectivity index (χ2n) is 6.87. The van der Waals surface area contributed by atoms with E-state index < -0.39 is 0 Å². The van der Waals surface area contributed by atoms with Crippen molar-refractivity contribution >= 4 is 17.1 Å². The maximum Gasteiger partial charge on any atom is 0.282 e. The van der Waals surface area contributed by atoms with Crippen LogP contribution in [0.4, 0.5) is 0 Å². The number of hydrogen-bond acceptors (Lipinski definition) is 4. The summed E-state index contributed by atoms with van der Waals surface area (Å²) in [6.45, 7) is 5.69. The Hall–Kier alpha value is -2.18. The van der Waals surface area contributed by atoms with E-state index in [1.807, 2.05) is 0 Å². The first-order valence-corrected chi connectivity index (χ1v) is 8.77. The number of carbonyl (C=O) groups is 1. The van der Waals surface area contributed by atoms with E-state index in [1.54, 1.807) is 0 Å². The van der Waals surface area contributed by atoms with E-state index in [1.165, 1.54) is 17.3 Å². The number of aromatic nitrogens is 4. The van der Waals surface area contributed by atoms with Crippen LogP contribution >= 0.6 is 0 Å². The van der Waals surface area contributed by atoms with Crippen molar-refractivity contribution in [2.75, 3.05) is 6.54 Å². The number of aryl methyl sites for hydroxylation is 2. The van der Waals surface area contributed by atoms with E-state index in [0.29, 0.717) is 23.6 Å². The Balaban J connectivity index is 1.79. The molecule has 0 aromatic carbocycles. The standard InChI is InChI=1S/C17H25N5O2/c1-12(2)7-8-18-14(23)10-21-11-19-16-15(17(21)24)20-13-6-4-3-5-9-22(13)16/h11-12H,3-10H2,1-2H3,(H,18,23). The third-order valence-corrected chi connectivity index (χ3v) is 4.44. The number of rotatable bonds is 5. The molecule has 24 heavy (non-hydrogen) atoms. The van der Waals surface area contributed by atoms with Crippen molar-refractivity contribution in [1.29, 1.82) is 0 Å². The molecule has 0 spiro atoms. The van der Waals surface area contributed by atoms with Gasteiger partial charge in [-0.15, -0.1) is 0 Å². The summed E-state index contributed by atoms with van der Waals surface area (Å²) in [5, 5.41) is 2.84. The Labute approximate surface area is 141 Å². The van der Waals surface area contributed by atoms with Gasteiger partial charge in [-0.25, -0.2) is 9.97 Å². The van der Waals surface area contributed by atoms with E-state index in [9.17, 15) is 9.59 Å². The van der Waals surface area contributed by atoms with Gasteiger partial charge in [0.05, 0.1) is 0 Å². The van der Waals surface area contributed by atoms with E-state index in [4.69, 9.17) is 0 Å². The van der Waals surface area contributed by atoms with Crippen LogP contribution in [0.3, 0.4) is 0 Å². The zero-order valence-corrected chi connectivity index (χ0v) is 14.4. The van der Waals surface area contributed by atoms with E-state index in [0.717, 1.165) is 38.1 Å². The van der Waals surface area contributed by atoms with E-state index in [-0.39, 0.29) is 18.0 Å². The fourth-order valence-electron chi connectivity index (χ4n) is 3.06. The number of nitrogens with zero attached hydrogens (tertiary/aromatic N) is 4. The molecule has 1 aliphatic heterocycles. The van der Waals surface area contributed by atoms with Crippen LogP contribution in [0.15, 0.2) is 11.1 Å². The number of imidazole rings is 1. The normalized spacial score (nSPS) is 14.6. The fraction of sp³-hybridized carbons (Fsp3) is 0.647. The average Bonchev–Trinajstić information content (AvgIpc) is 2.73. The van der Waals surface area contributed by atoms with Gasteiger partial charge >= 0.3 is 0 Å². The summed E-state index contributed by atoms with van der Waals surface area (Å²) in [6, 6.07) is 0. The lowest BCUT2D eigenvalue weighted by atomic mass is 10.1. The molecule has 0 aliphatic carbocycles. The molecular weight excluding hydrogens is 306 g/mol. The Morgan fingerprint density at radius 2 is 2.17 bits per heavy atom. The molecule has 1 N–H and O–H groups in total. The molecule has 3 rings (SSSR count). The van der Waals surface area contributed by atoms with Gasteiger partial charge in [0.1, 0.15) is 18.7 Å². The second kappa shape index (κ2) is 7.15. The van der Waals surface area contributed by atoms with Gasteiger partial charge in [-0.2, -0.15) is 0 Å². The predicted octanol–water partition coefficient (Wildman–Crippen LogP) is 1.48. The third kappa shape index (κ3) is 3.49. The number of hydrogen-bond donors (Lipinski definition) is 1. The van der Waals surface area contributed by atoms with Gasteiger partial charge in [0.25, 0.3) is 5.56 Å². The van der Waals surface area contributed by atoms with Crippen molar-refractivity contribution in [2.24, 2.45) is 5.92 Å². The number of fused-ring (bicyclic) bond motifs is 3. The maximum absolute atomic E-state index is 12.6.